The highest BCUT2D eigenvalue weighted by Crippen LogP contribution is 2.27. The SMILES string of the molecule is CC(CN)C(=O)NC1CCC(C(=O)N2CCSCC2)CC1. The van der Waals surface area contributed by atoms with Crippen molar-refractivity contribution in [3.05, 3.63) is 0 Å². The molecule has 0 spiro atoms. The van der Waals surface area contributed by atoms with Crippen LogP contribution in [0.25, 0.3) is 0 Å². The number of carbonyl (C=O) groups is 2. The van der Waals surface area contributed by atoms with Crippen molar-refractivity contribution in [3.8, 4) is 0 Å². The molecular formula is C15H27N3O2S. The highest BCUT2D eigenvalue weighted by Gasteiger charge is 2.30. The second-order valence-electron chi connectivity index (χ2n) is 6.13. The summed E-state index contributed by atoms with van der Waals surface area (Å²) in [6.07, 6.45) is 3.60. The van der Waals surface area contributed by atoms with E-state index in [0.29, 0.717) is 12.5 Å². The van der Waals surface area contributed by atoms with E-state index >= 15 is 0 Å². The molecule has 0 aromatic heterocycles. The van der Waals surface area contributed by atoms with E-state index in [-0.39, 0.29) is 23.8 Å². The maximum atomic E-state index is 12.4. The van der Waals surface area contributed by atoms with Gasteiger partial charge in [-0.1, -0.05) is 6.92 Å². The van der Waals surface area contributed by atoms with Crippen LogP contribution < -0.4 is 11.1 Å². The van der Waals surface area contributed by atoms with Gasteiger partial charge in [-0.05, 0) is 25.7 Å². The van der Waals surface area contributed by atoms with Crippen molar-refractivity contribution in [2.75, 3.05) is 31.1 Å². The van der Waals surface area contributed by atoms with E-state index in [1.54, 1.807) is 0 Å². The van der Waals surface area contributed by atoms with E-state index in [0.717, 1.165) is 50.3 Å². The molecule has 1 aliphatic carbocycles. The molecule has 120 valence electrons. The molecule has 2 fully saturated rings. The van der Waals surface area contributed by atoms with Gasteiger partial charge in [-0.25, -0.2) is 0 Å². The van der Waals surface area contributed by atoms with Gasteiger partial charge in [0, 0.05) is 49.0 Å². The molecule has 21 heavy (non-hydrogen) atoms. The summed E-state index contributed by atoms with van der Waals surface area (Å²) in [4.78, 5) is 26.3. The predicted octanol–water partition coefficient (Wildman–Crippen LogP) is 0.832. The molecule has 2 rings (SSSR count). The Labute approximate surface area is 131 Å². The molecule has 3 N–H and O–H groups in total. The monoisotopic (exact) mass is 313 g/mol. The Hall–Kier alpha value is -0.750. The van der Waals surface area contributed by atoms with E-state index in [1.165, 1.54) is 0 Å². The van der Waals surface area contributed by atoms with Gasteiger partial charge in [-0.2, -0.15) is 11.8 Å². The predicted molar refractivity (Wildman–Crippen MR) is 86.0 cm³/mol. The van der Waals surface area contributed by atoms with Crippen LogP contribution in [0.15, 0.2) is 0 Å². The number of amides is 2. The van der Waals surface area contributed by atoms with E-state index in [9.17, 15) is 9.59 Å². The average Bonchev–Trinajstić information content (AvgIpc) is 2.55. The summed E-state index contributed by atoms with van der Waals surface area (Å²) < 4.78 is 0. The minimum absolute atomic E-state index is 0.0420. The number of nitrogens with one attached hydrogen (secondary N) is 1. The summed E-state index contributed by atoms with van der Waals surface area (Å²) in [6.45, 7) is 4.02. The number of hydrogen-bond donors (Lipinski definition) is 2. The van der Waals surface area contributed by atoms with Crippen molar-refractivity contribution < 1.29 is 9.59 Å². The van der Waals surface area contributed by atoms with Gasteiger partial charge in [-0.15, -0.1) is 0 Å². The number of nitrogens with two attached hydrogens (primary N) is 1. The summed E-state index contributed by atoms with van der Waals surface area (Å²) in [5, 5.41) is 3.06. The van der Waals surface area contributed by atoms with Crippen LogP contribution in [0.5, 0.6) is 0 Å². The van der Waals surface area contributed by atoms with Crippen LogP contribution in [0.4, 0.5) is 0 Å². The first-order chi connectivity index (χ1) is 10.1. The van der Waals surface area contributed by atoms with Gasteiger partial charge >= 0.3 is 0 Å². The van der Waals surface area contributed by atoms with Crippen molar-refractivity contribution in [1.29, 1.82) is 0 Å². The number of rotatable bonds is 4. The fourth-order valence-electron chi connectivity index (χ4n) is 2.98. The topological polar surface area (TPSA) is 75.4 Å². The number of carbonyl (C=O) groups excluding carboxylic acids is 2. The zero-order chi connectivity index (χ0) is 15.2. The molecule has 0 radical (unpaired) electrons. The summed E-state index contributed by atoms with van der Waals surface area (Å²) in [6, 6.07) is 0.215. The Morgan fingerprint density at radius 2 is 1.86 bits per heavy atom. The molecule has 0 bridgehead atoms. The first-order valence-electron chi connectivity index (χ1n) is 7.98. The van der Waals surface area contributed by atoms with E-state index < -0.39 is 0 Å². The third kappa shape index (κ3) is 4.61. The van der Waals surface area contributed by atoms with Crippen LogP contribution in [0.3, 0.4) is 0 Å². The van der Waals surface area contributed by atoms with Gasteiger partial charge in [0.2, 0.25) is 11.8 Å². The summed E-state index contributed by atoms with van der Waals surface area (Å²) >= 11 is 1.92. The van der Waals surface area contributed by atoms with Gasteiger partial charge in [0.05, 0.1) is 0 Å². The molecule has 5 nitrogen and oxygen atoms in total. The lowest BCUT2D eigenvalue weighted by atomic mass is 9.85. The molecular weight excluding hydrogens is 286 g/mol. The Bertz CT molecular complexity index is 364. The minimum atomic E-state index is -0.129. The maximum Gasteiger partial charge on any atom is 0.225 e. The third-order valence-corrected chi connectivity index (χ3v) is 5.49. The molecule has 1 aliphatic heterocycles. The maximum absolute atomic E-state index is 12.4. The second-order valence-corrected chi connectivity index (χ2v) is 7.36. The fourth-order valence-corrected chi connectivity index (χ4v) is 3.88. The van der Waals surface area contributed by atoms with Crippen molar-refractivity contribution in [1.82, 2.24) is 10.2 Å². The molecule has 1 saturated carbocycles. The number of thioether (sulfide) groups is 1. The Morgan fingerprint density at radius 1 is 1.24 bits per heavy atom. The Balaban J connectivity index is 1.75. The molecule has 1 heterocycles. The highest BCUT2D eigenvalue weighted by atomic mass is 32.2. The van der Waals surface area contributed by atoms with Crippen LogP contribution in [-0.4, -0.2) is 53.9 Å². The van der Waals surface area contributed by atoms with Gasteiger partial charge in [0.25, 0.3) is 0 Å². The highest BCUT2D eigenvalue weighted by molar-refractivity contribution is 7.99. The zero-order valence-corrected chi connectivity index (χ0v) is 13.7. The van der Waals surface area contributed by atoms with Crippen molar-refractivity contribution in [2.24, 2.45) is 17.6 Å². The quantitative estimate of drug-likeness (QED) is 0.806. The van der Waals surface area contributed by atoms with Crippen molar-refractivity contribution in [3.63, 3.8) is 0 Å². The lowest BCUT2D eigenvalue weighted by Crippen LogP contribution is -2.46. The van der Waals surface area contributed by atoms with Crippen molar-refractivity contribution >= 4 is 23.6 Å². The lowest BCUT2D eigenvalue weighted by molar-refractivity contribution is -0.136. The van der Waals surface area contributed by atoms with Gasteiger partial charge < -0.3 is 16.0 Å². The summed E-state index contributed by atoms with van der Waals surface area (Å²) in [5.41, 5.74) is 5.51. The molecule has 1 unspecified atom stereocenters. The first-order valence-corrected chi connectivity index (χ1v) is 9.14. The standard InChI is InChI=1S/C15H27N3O2S/c1-11(10-16)14(19)17-13-4-2-12(3-5-13)15(20)18-6-8-21-9-7-18/h11-13H,2-10,16H2,1H3,(H,17,19). The molecule has 0 aromatic carbocycles. The molecule has 1 saturated heterocycles. The van der Waals surface area contributed by atoms with Crippen LogP contribution in [0.1, 0.15) is 32.6 Å². The Morgan fingerprint density at radius 3 is 2.43 bits per heavy atom. The second kappa shape index (κ2) is 8.03. The van der Waals surface area contributed by atoms with Gasteiger partial charge in [0.15, 0.2) is 0 Å². The van der Waals surface area contributed by atoms with Gasteiger partial charge in [-0.3, -0.25) is 9.59 Å². The Kier molecular flexibility index (Phi) is 6.36. The normalized spacial score (nSPS) is 28.0. The van der Waals surface area contributed by atoms with Gasteiger partial charge in [0.1, 0.15) is 0 Å². The van der Waals surface area contributed by atoms with Crippen LogP contribution >= 0.6 is 11.8 Å². The largest absolute Gasteiger partial charge is 0.353 e. The van der Waals surface area contributed by atoms with E-state index in [1.807, 2.05) is 23.6 Å². The van der Waals surface area contributed by atoms with Crippen LogP contribution in [0, 0.1) is 11.8 Å². The van der Waals surface area contributed by atoms with Crippen LogP contribution in [-0.2, 0) is 9.59 Å². The molecule has 0 aromatic rings. The summed E-state index contributed by atoms with van der Waals surface area (Å²) in [5.74, 6) is 2.53. The number of hydrogen-bond acceptors (Lipinski definition) is 4. The number of nitrogens with zero attached hydrogens (tertiary/aromatic N) is 1. The minimum Gasteiger partial charge on any atom is -0.353 e. The molecule has 2 aliphatic rings. The van der Waals surface area contributed by atoms with E-state index in [4.69, 9.17) is 5.73 Å². The average molecular weight is 313 g/mol. The fraction of sp³-hybridized carbons (Fsp3) is 0.867. The molecule has 6 heteroatoms. The van der Waals surface area contributed by atoms with E-state index in [2.05, 4.69) is 5.32 Å². The first kappa shape index (κ1) is 16.6. The summed E-state index contributed by atoms with van der Waals surface area (Å²) in [7, 11) is 0. The molecule has 1 atom stereocenters. The molecule has 2 amide bonds. The third-order valence-electron chi connectivity index (χ3n) is 4.55. The zero-order valence-electron chi connectivity index (χ0n) is 12.8. The van der Waals surface area contributed by atoms with Crippen LogP contribution in [0.2, 0.25) is 0 Å². The smallest absolute Gasteiger partial charge is 0.225 e. The van der Waals surface area contributed by atoms with Crippen molar-refractivity contribution in [2.45, 2.75) is 38.6 Å². The lowest BCUT2D eigenvalue weighted by Gasteiger charge is -2.34.